The Balaban J connectivity index is 1.39. The van der Waals surface area contributed by atoms with E-state index in [1.165, 1.54) is 7.05 Å². The average molecular weight is 456 g/mol. The highest BCUT2D eigenvalue weighted by Crippen LogP contribution is 2.43. The highest BCUT2D eigenvalue weighted by Gasteiger charge is 2.38. The normalized spacial score (nSPS) is 17.5. The van der Waals surface area contributed by atoms with Crippen molar-refractivity contribution in [2.24, 2.45) is 7.05 Å². The van der Waals surface area contributed by atoms with Crippen LogP contribution in [0.1, 0.15) is 37.1 Å². The van der Waals surface area contributed by atoms with Gasteiger partial charge in [0.1, 0.15) is 13.2 Å². The second kappa shape index (κ2) is 8.60. The van der Waals surface area contributed by atoms with Crippen molar-refractivity contribution >= 4 is 17.7 Å². The highest BCUT2D eigenvalue weighted by molar-refractivity contribution is 7.99. The maximum atomic E-state index is 12.8. The van der Waals surface area contributed by atoms with Gasteiger partial charge in [0.15, 0.2) is 16.7 Å². The number of nitrogens with zero attached hydrogens (tertiary/aromatic N) is 3. The molecule has 7 nitrogen and oxygen atoms in total. The van der Waals surface area contributed by atoms with Gasteiger partial charge in [0.05, 0.1) is 5.75 Å². The molecule has 168 valence electrons. The molecule has 0 saturated heterocycles. The molecule has 0 radical (unpaired) electrons. The van der Waals surface area contributed by atoms with E-state index in [9.17, 15) is 18.0 Å². The Hall–Kier alpha value is -2.43. The van der Waals surface area contributed by atoms with Crippen LogP contribution in [0.25, 0.3) is 0 Å². The summed E-state index contributed by atoms with van der Waals surface area (Å²) in [5, 5.41) is 9.72. The molecule has 1 N–H and O–H groups in total. The summed E-state index contributed by atoms with van der Waals surface area (Å²) in [5.74, 6) is 0.0653. The molecule has 0 unspecified atom stereocenters. The van der Waals surface area contributed by atoms with E-state index in [2.05, 4.69) is 15.5 Å². The van der Waals surface area contributed by atoms with E-state index in [-0.39, 0.29) is 22.2 Å². The summed E-state index contributed by atoms with van der Waals surface area (Å²) in [6.45, 7) is 1.50. The molecule has 0 bridgehead atoms. The van der Waals surface area contributed by atoms with Crippen molar-refractivity contribution in [3.63, 3.8) is 0 Å². The fourth-order valence-electron chi connectivity index (χ4n) is 4.13. The van der Waals surface area contributed by atoms with Gasteiger partial charge < -0.3 is 19.4 Å². The van der Waals surface area contributed by atoms with E-state index >= 15 is 0 Å². The Morgan fingerprint density at radius 1 is 1.19 bits per heavy atom. The molecule has 2 aromatic rings. The fourth-order valence-corrected chi connectivity index (χ4v) is 4.87. The largest absolute Gasteiger partial charge is 0.486 e. The molecule has 11 heteroatoms. The maximum Gasteiger partial charge on any atom is 0.451 e. The van der Waals surface area contributed by atoms with Crippen molar-refractivity contribution in [1.29, 1.82) is 0 Å². The van der Waals surface area contributed by atoms with Crippen molar-refractivity contribution in [3.8, 4) is 11.5 Å². The Kier molecular flexibility index (Phi) is 6.05. The minimum Gasteiger partial charge on any atom is -0.486 e. The number of hydrogen-bond donors (Lipinski definition) is 1. The number of fused-ring (bicyclic) bond motifs is 1. The van der Waals surface area contributed by atoms with Crippen LogP contribution < -0.4 is 14.8 Å². The van der Waals surface area contributed by atoms with Crippen LogP contribution >= 0.6 is 11.8 Å². The van der Waals surface area contributed by atoms with Crippen molar-refractivity contribution in [1.82, 2.24) is 20.1 Å². The lowest BCUT2D eigenvalue weighted by atomic mass is 9.78. The van der Waals surface area contributed by atoms with Gasteiger partial charge >= 0.3 is 6.18 Å². The Labute approximate surface area is 181 Å². The third-order valence-corrected chi connectivity index (χ3v) is 6.78. The molecular formula is C20H23F3N4O3S. The van der Waals surface area contributed by atoms with Crippen LogP contribution in [-0.2, 0) is 23.4 Å². The van der Waals surface area contributed by atoms with E-state index in [1.54, 1.807) is 0 Å². The topological polar surface area (TPSA) is 78.3 Å². The van der Waals surface area contributed by atoms with Gasteiger partial charge in [-0.15, -0.1) is 10.2 Å². The first-order valence-electron chi connectivity index (χ1n) is 10.0. The molecule has 1 saturated carbocycles. The summed E-state index contributed by atoms with van der Waals surface area (Å²) in [6, 6.07) is 5.94. The number of aromatic nitrogens is 3. The predicted octanol–water partition coefficient (Wildman–Crippen LogP) is 3.33. The zero-order chi connectivity index (χ0) is 22.1. The van der Waals surface area contributed by atoms with Gasteiger partial charge in [0.25, 0.3) is 0 Å². The molecule has 1 aromatic carbocycles. The van der Waals surface area contributed by atoms with Crippen LogP contribution in [0.4, 0.5) is 13.2 Å². The number of carbonyl (C=O) groups excluding carboxylic acids is 1. The summed E-state index contributed by atoms with van der Waals surface area (Å²) < 4.78 is 50.7. The van der Waals surface area contributed by atoms with Gasteiger partial charge in [-0.1, -0.05) is 30.7 Å². The molecule has 2 heterocycles. The number of benzene rings is 1. The lowest BCUT2D eigenvalue weighted by Crippen LogP contribution is -2.39. The minimum atomic E-state index is -4.58. The number of carbonyl (C=O) groups is 1. The van der Waals surface area contributed by atoms with Crippen molar-refractivity contribution in [2.75, 3.05) is 25.5 Å². The minimum absolute atomic E-state index is 0.0406. The third kappa shape index (κ3) is 4.60. The van der Waals surface area contributed by atoms with E-state index in [1.807, 2.05) is 18.2 Å². The number of ether oxygens (including phenoxy) is 2. The number of thioether (sulfide) groups is 1. The van der Waals surface area contributed by atoms with Crippen molar-refractivity contribution in [2.45, 2.75) is 42.4 Å². The summed E-state index contributed by atoms with van der Waals surface area (Å²) in [7, 11) is 1.23. The van der Waals surface area contributed by atoms with Crippen molar-refractivity contribution in [3.05, 3.63) is 29.6 Å². The van der Waals surface area contributed by atoms with Gasteiger partial charge in [-0.05, 0) is 30.5 Å². The summed E-state index contributed by atoms with van der Waals surface area (Å²) in [4.78, 5) is 12.4. The zero-order valence-electron chi connectivity index (χ0n) is 17.0. The highest BCUT2D eigenvalue weighted by atomic mass is 32.2. The van der Waals surface area contributed by atoms with Crippen molar-refractivity contribution < 1.29 is 27.4 Å². The molecule has 31 heavy (non-hydrogen) atoms. The van der Waals surface area contributed by atoms with Crippen LogP contribution in [0.3, 0.4) is 0 Å². The first kappa shape index (κ1) is 21.8. The molecular weight excluding hydrogens is 433 g/mol. The number of rotatable bonds is 6. The van der Waals surface area contributed by atoms with Gasteiger partial charge in [-0.25, -0.2) is 0 Å². The molecule has 1 aliphatic heterocycles. The zero-order valence-corrected chi connectivity index (χ0v) is 17.8. The lowest BCUT2D eigenvalue weighted by molar-refractivity contribution is -0.147. The monoisotopic (exact) mass is 456 g/mol. The van der Waals surface area contributed by atoms with Gasteiger partial charge in [0, 0.05) is 19.0 Å². The van der Waals surface area contributed by atoms with Crippen LogP contribution in [0, 0.1) is 0 Å². The molecule has 0 spiro atoms. The molecule has 4 rings (SSSR count). The molecule has 1 amide bonds. The first-order chi connectivity index (χ1) is 14.8. The summed E-state index contributed by atoms with van der Waals surface area (Å²) in [5.41, 5.74) is 0.912. The number of amides is 1. The molecule has 0 atom stereocenters. The summed E-state index contributed by atoms with van der Waals surface area (Å²) in [6.07, 6.45) is -0.561. The van der Waals surface area contributed by atoms with Gasteiger partial charge in [-0.2, -0.15) is 13.2 Å². The Morgan fingerprint density at radius 2 is 1.90 bits per heavy atom. The molecule has 2 aliphatic rings. The smallest absolute Gasteiger partial charge is 0.451 e. The van der Waals surface area contributed by atoms with E-state index < -0.39 is 12.0 Å². The Morgan fingerprint density at radius 3 is 2.58 bits per heavy atom. The SMILES string of the molecule is Cn1c(SCC(=O)NCC2(c3ccc4c(c3)OCCO4)CCCC2)nnc1C(F)(F)F. The second-order valence-electron chi connectivity index (χ2n) is 7.77. The quantitative estimate of drug-likeness (QED) is 0.672. The Bertz CT molecular complexity index is 958. The molecule has 1 aromatic heterocycles. The van der Waals surface area contributed by atoms with Gasteiger partial charge in [-0.3, -0.25) is 4.79 Å². The first-order valence-corrected chi connectivity index (χ1v) is 11.0. The average Bonchev–Trinajstić information content (AvgIpc) is 3.37. The van der Waals surface area contributed by atoms with Crippen LogP contribution in [0.5, 0.6) is 11.5 Å². The lowest BCUT2D eigenvalue weighted by Gasteiger charge is -2.31. The van der Waals surface area contributed by atoms with Crippen LogP contribution in [-0.4, -0.2) is 46.2 Å². The number of halogens is 3. The fraction of sp³-hybridized carbons (Fsp3) is 0.550. The molecule has 1 aliphatic carbocycles. The van der Waals surface area contributed by atoms with Crippen LogP contribution in [0.15, 0.2) is 23.4 Å². The van der Waals surface area contributed by atoms with Gasteiger partial charge in [0.2, 0.25) is 11.7 Å². The third-order valence-electron chi connectivity index (χ3n) is 5.76. The number of hydrogen-bond acceptors (Lipinski definition) is 6. The number of alkyl halides is 3. The predicted molar refractivity (Wildman–Crippen MR) is 107 cm³/mol. The van der Waals surface area contributed by atoms with E-state index in [0.29, 0.717) is 19.8 Å². The standard InChI is InChI=1S/C20H23F3N4O3S/c1-27-17(20(21,22)23)25-26-18(27)31-11-16(28)24-12-19(6-2-3-7-19)13-4-5-14-15(10-13)30-9-8-29-14/h4-5,10H,2-3,6-9,11-12H2,1H3,(H,24,28). The second-order valence-corrected chi connectivity index (χ2v) is 8.72. The van der Waals surface area contributed by atoms with E-state index in [4.69, 9.17) is 9.47 Å². The van der Waals surface area contributed by atoms with Crippen LogP contribution in [0.2, 0.25) is 0 Å². The van der Waals surface area contributed by atoms with E-state index in [0.717, 1.165) is 59.1 Å². The summed E-state index contributed by atoms with van der Waals surface area (Å²) >= 11 is 0.929. The maximum absolute atomic E-state index is 12.8. The molecule has 1 fully saturated rings. The number of nitrogens with one attached hydrogen (secondary N) is 1.